The molecule has 0 spiro atoms. The van der Waals surface area contributed by atoms with Crippen molar-refractivity contribution in [1.29, 1.82) is 5.26 Å². The van der Waals surface area contributed by atoms with E-state index in [1.165, 1.54) is 11.8 Å². The number of carbonyl (C=O) groups excluding carboxylic acids is 2. The minimum Gasteiger partial charge on any atom is -0.497 e. The summed E-state index contributed by atoms with van der Waals surface area (Å²) in [7, 11) is 1.57. The number of Topliss-reactive ketones (excluding diaryl/α,β-unsaturated/α-hetero) is 1. The Morgan fingerprint density at radius 2 is 2.06 bits per heavy atom. The summed E-state index contributed by atoms with van der Waals surface area (Å²) in [5.74, 6) is 0.129. The van der Waals surface area contributed by atoms with Crippen LogP contribution in [0.3, 0.4) is 0 Å². The average molecular weight is 480 g/mol. The number of nitrogens with zero attached hydrogens (tertiary/aromatic N) is 1. The van der Waals surface area contributed by atoms with E-state index in [0.717, 1.165) is 24.1 Å². The van der Waals surface area contributed by atoms with E-state index in [9.17, 15) is 14.9 Å². The lowest BCUT2D eigenvalue weighted by atomic mass is 9.77. The van der Waals surface area contributed by atoms with Gasteiger partial charge in [0.2, 0.25) is 5.91 Å². The van der Waals surface area contributed by atoms with Gasteiger partial charge < -0.3 is 15.4 Å². The zero-order chi connectivity index (χ0) is 23.4. The maximum absolute atomic E-state index is 12.8. The Hall–Kier alpha value is -3.21. The molecule has 2 aromatic carbocycles. The summed E-state index contributed by atoms with van der Waals surface area (Å²) in [4.78, 5) is 25.4. The predicted molar refractivity (Wildman–Crippen MR) is 130 cm³/mol. The highest BCUT2D eigenvalue weighted by atomic mass is 35.5. The van der Waals surface area contributed by atoms with Crippen molar-refractivity contribution < 1.29 is 14.3 Å². The maximum Gasteiger partial charge on any atom is 0.234 e. The molecule has 0 aromatic heterocycles. The molecule has 8 heteroatoms. The molecule has 1 unspecified atom stereocenters. The van der Waals surface area contributed by atoms with Gasteiger partial charge in [0.25, 0.3) is 0 Å². The second-order valence-corrected chi connectivity index (χ2v) is 9.12. The molecule has 2 N–H and O–H groups in total. The number of hydrogen-bond acceptors (Lipinski definition) is 6. The molecule has 6 nitrogen and oxygen atoms in total. The van der Waals surface area contributed by atoms with Gasteiger partial charge in [-0.3, -0.25) is 9.59 Å². The van der Waals surface area contributed by atoms with E-state index >= 15 is 0 Å². The number of nitriles is 1. The lowest BCUT2D eigenvalue weighted by molar-refractivity contribution is -0.116. The number of rotatable bonds is 6. The van der Waals surface area contributed by atoms with Gasteiger partial charge in [-0.25, -0.2) is 0 Å². The van der Waals surface area contributed by atoms with Gasteiger partial charge in [0.15, 0.2) is 5.78 Å². The van der Waals surface area contributed by atoms with Gasteiger partial charge in [-0.15, -0.1) is 0 Å². The van der Waals surface area contributed by atoms with Gasteiger partial charge in [0.05, 0.1) is 35.5 Å². The Morgan fingerprint density at radius 3 is 2.79 bits per heavy atom. The first-order chi connectivity index (χ1) is 16.0. The number of ketones is 1. The Balaban J connectivity index is 1.59. The van der Waals surface area contributed by atoms with E-state index in [1.807, 2.05) is 12.1 Å². The lowest BCUT2D eigenvalue weighted by Crippen LogP contribution is -2.31. The first kappa shape index (κ1) is 23.0. The van der Waals surface area contributed by atoms with Crippen LogP contribution in [0.15, 0.2) is 70.4 Å². The van der Waals surface area contributed by atoms with E-state index in [4.69, 9.17) is 16.3 Å². The largest absolute Gasteiger partial charge is 0.497 e. The van der Waals surface area contributed by atoms with Crippen molar-refractivity contribution in [3.8, 4) is 11.8 Å². The quantitative estimate of drug-likeness (QED) is 0.595. The first-order valence-electron chi connectivity index (χ1n) is 10.5. The Kier molecular flexibility index (Phi) is 7.07. The topological polar surface area (TPSA) is 91.2 Å². The Labute approximate surface area is 201 Å². The van der Waals surface area contributed by atoms with Crippen LogP contribution in [0.2, 0.25) is 5.02 Å². The van der Waals surface area contributed by atoms with Gasteiger partial charge in [-0.2, -0.15) is 5.26 Å². The fraction of sp³-hybridized carbons (Fsp3) is 0.240. The highest BCUT2D eigenvalue weighted by molar-refractivity contribution is 8.03. The molecule has 2 aliphatic rings. The van der Waals surface area contributed by atoms with Gasteiger partial charge in [0, 0.05) is 34.5 Å². The third kappa shape index (κ3) is 5.08. The molecule has 2 aromatic rings. The second-order valence-electron chi connectivity index (χ2n) is 7.70. The van der Waals surface area contributed by atoms with Crippen LogP contribution in [-0.4, -0.2) is 24.6 Å². The lowest BCUT2D eigenvalue weighted by Gasteiger charge is -2.33. The van der Waals surface area contributed by atoms with E-state index in [-0.39, 0.29) is 17.4 Å². The van der Waals surface area contributed by atoms with Crippen LogP contribution in [0.25, 0.3) is 0 Å². The van der Waals surface area contributed by atoms with Crippen LogP contribution >= 0.6 is 23.4 Å². The molecule has 1 aliphatic heterocycles. The average Bonchev–Trinajstić information content (AvgIpc) is 2.82. The summed E-state index contributed by atoms with van der Waals surface area (Å²) in [6, 6.07) is 16.6. The molecule has 168 valence electrons. The van der Waals surface area contributed by atoms with Crippen molar-refractivity contribution in [3.05, 3.63) is 81.0 Å². The number of thioether (sulfide) groups is 1. The Bertz CT molecular complexity index is 1200. The number of allylic oxidation sites excluding steroid dienone is 3. The third-order valence-electron chi connectivity index (χ3n) is 5.57. The molecular weight excluding hydrogens is 458 g/mol. The molecule has 1 aliphatic carbocycles. The summed E-state index contributed by atoms with van der Waals surface area (Å²) in [6.45, 7) is 0. The number of carbonyl (C=O) groups is 2. The molecule has 0 fully saturated rings. The Morgan fingerprint density at radius 1 is 1.27 bits per heavy atom. The standard InChI is InChI=1S/C25H22ClN3O3S/c1-32-18-5-2-4-17(12-18)28-22(31)14-33-25-19(13-27)23(15-8-10-16(26)11-9-15)24-20(29-25)6-3-7-21(24)30/h2,4-5,8-12,23,29H,3,6-7,14H2,1H3,(H,28,31). The van der Waals surface area contributed by atoms with Crippen LogP contribution in [0.1, 0.15) is 30.7 Å². The van der Waals surface area contributed by atoms with Crippen molar-refractivity contribution in [1.82, 2.24) is 5.32 Å². The molecular formula is C25H22ClN3O3S. The number of halogens is 1. The third-order valence-corrected chi connectivity index (χ3v) is 6.84. The number of methoxy groups -OCH3 is 1. The summed E-state index contributed by atoms with van der Waals surface area (Å²) >= 11 is 7.32. The predicted octanol–water partition coefficient (Wildman–Crippen LogP) is 5.15. The fourth-order valence-corrected chi connectivity index (χ4v) is 5.05. The fourth-order valence-electron chi connectivity index (χ4n) is 4.06. The number of dihydropyridines is 1. The monoisotopic (exact) mass is 479 g/mol. The first-order valence-corrected chi connectivity index (χ1v) is 11.9. The van der Waals surface area contributed by atoms with Crippen molar-refractivity contribution in [2.75, 3.05) is 18.2 Å². The molecule has 0 radical (unpaired) electrons. The van der Waals surface area contributed by atoms with Crippen LogP contribution in [-0.2, 0) is 9.59 Å². The van der Waals surface area contributed by atoms with Crippen LogP contribution in [0, 0.1) is 11.3 Å². The van der Waals surface area contributed by atoms with Crippen LogP contribution in [0.5, 0.6) is 5.75 Å². The summed E-state index contributed by atoms with van der Waals surface area (Å²) in [5.41, 5.74) is 3.38. The van der Waals surface area contributed by atoms with Gasteiger partial charge in [-0.1, -0.05) is 41.6 Å². The van der Waals surface area contributed by atoms with E-state index in [0.29, 0.717) is 39.1 Å². The molecule has 33 heavy (non-hydrogen) atoms. The van der Waals surface area contributed by atoms with Crippen molar-refractivity contribution in [2.45, 2.75) is 25.2 Å². The van der Waals surface area contributed by atoms with E-state index < -0.39 is 5.92 Å². The maximum atomic E-state index is 12.8. The molecule has 0 bridgehead atoms. The minimum atomic E-state index is -0.472. The molecule has 0 saturated heterocycles. The zero-order valence-corrected chi connectivity index (χ0v) is 19.6. The number of hydrogen-bond donors (Lipinski definition) is 2. The number of anilines is 1. The SMILES string of the molecule is COc1cccc(NC(=O)CSC2=C(C#N)C(c3ccc(Cl)cc3)C3=C(CCCC3=O)N2)c1. The number of nitrogens with one attached hydrogen (secondary N) is 2. The normalized spacial score (nSPS) is 17.7. The smallest absolute Gasteiger partial charge is 0.234 e. The highest BCUT2D eigenvalue weighted by Crippen LogP contribution is 2.44. The number of amides is 1. The summed E-state index contributed by atoms with van der Waals surface area (Å²) in [6.07, 6.45) is 1.95. The summed E-state index contributed by atoms with van der Waals surface area (Å²) in [5, 5.41) is 17.4. The second kappa shape index (κ2) is 10.2. The van der Waals surface area contributed by atoms with Crippen molar-refractivity contribution >= 4 is 40.7 Å². The van der Waals surface area contributed by atoms with Crippen LogP contribution in [0.4, 0.5) is 5.69 Å². The number of benzene rings is 2. The van der Waals surface area contributed by atoms with Gasteiger partial charge >= 0.3 is 0 Å². The van der Waals surface area contributed by atoms with Gasteiger partial charge in [0.1, 0.15) is 5.75 Å². The molecule has 0 saturated carbocycles. The zero-order valence-electron chi connectivity index (χ0n) is 18.0. The molecule has 4 rings (SSSR count). The van der Waals surface area contributed by atoms with Gasteiger partial charge in [-0.05, 0) is 42.7 Å². The molecule has 1 atom stereocenters. The van der Waals surface area contributed by atoms with Crippen LogP contribution < -0.4 is 15.4 Å². The molecule has 1 amide bonds. The minimum absolute atomic E-state index is 0.0521. The van der Waals surface area contributed by atoms with E-state index in [1.54, 1.807) is 43.5 Å². The molecule has 1 heterocycles. The van der Waals surface area contributed by atoms with Crippen molar-refractivity contribution in [2.24, 2.45) is 0 Å². The summed E-state index contributed by atoms with van der Waals surface area (Å²) < 4.78 is 5.19. The van der Waals surface area contributed by atoms with Crippen molar-refractivity contribution in [3.63, 3.8) is 0 Å². The highest BCUT2D eigenvalue weighted by Gasteiger charge is 2.37. The van der Waals surface area contributed by atoms with E-state index in [2.05, 4.69) is 16.7 Å². The number of ether oxygens (including phenoxy) is 1.